The summed E-state index contributed by atoms with van der Waals surface area (Å²) in [5.74, 6) is 1.14. The summed E-state index contributed by atoms with van der Waals surface area (Å²) >= 11 is 2.50. The maximum absolute atomic E-state index is 12.6. The van der Waals surface area contributed by atoms with E-state index in [1.165, 1.54) is 0 Å². The molecule has 0 bridgehead atoms. The number of carbonyl (C=O) groups excluding carboxylic acids is 1. The van der Waals surface area contributed by atoms with Crippen molar-refractivity contribution in [3.63, 3.8) is 0 Å². The van der Waals surface area contributed by atoms with Gasteiger partial charge in [-0.3, -0.25) is 9.83 Å². The van der Waals surface area contributed by atoms with Crippen LogP contribution in [0.15, 0.2) is 29.2 Å². The van der Waals surface area contributed by atoms with E-state index in [1.54, 1.807) is 17.8 Å². The normalized spacial score (nSPS) is 16.6. The molecule has 0 unspecified atom stereocenters. The molecule has 1 aromatic rings. The summed E-state index contributed by atoms with van der Waals surface area (Å²) < 4.78 is 4.19. The molecular weight excluding hydrogens is 347 g/mol. The van der Waals surface area contributed by atoms with Crippen LogP contribution in [0.5, 0.6) is 0 Å². The Bertz CT molecular complexity index is 495. The van der Waals surface area contributed by atoms with Crippen LogP contribution in [0.2, 0.25) is 0 Å². The molecule has 23 heavy (non-hydrogen) atoms. The number of rotatable bonds is 8. The Hall–Kier alpha value is 0.430. The van der Waals surface area contributed by atoms with Crippen molar-refractivity contribution in [3.8, 4) is 0 Å². The number of aliphatic hydroxyl groups is 1. The van der Waals surface area contributed by atoms with E-state index < -0.39 is 5.60 Å². The molecule has 0 aromatic heterocycles. The maximum atomic E-state index is 12.6. The fourth-order valence-electron chi connectivity index (χ4n) is 2.61. The molecule has 0 saturated heterocycles. The molecule has 0 aliphatic heterocycles. The molecular formula is C15H19NaO5S2. The van der Waals surface area contributed by atoms with Gasteiger partial charge in [0.15, 0.2) is 5.78 Å². The molecule has 5 nitrogen and oxygen atoms in total. The zero-order chi connectivity index (χ0) is 15.8. The molecule has 1 aromatic carbocycles. The summed E-state index contributed by atoms with van der Waals surface area (Å²) in [7, 11) is 0. The Labute approximate surface area is 166 Å². The van der Waals surface area contributed by atoms with Crippen molar-refractivity contribution in [3.05, 3.63) is 29.8 Å². The zero-order valence-electron chi connectivity index (χ0n) is 13.2. The Balaban J connectivity index is 0.00000264. The van der Waals surface area contributed by atoms with Gasteiger partial charge in [0.2, 0.25) is 0 Å². The van der Waals surface area contributed by atoms with Crippen LogP contribution in [0.1, 0.15) is 42.5 Å². The molecule has 0 heterocycles. The standard InChI is InChI=1S/C15H20O5S2.Na/c16-14(15(17)7-2-1-3-8-15)12-5-4-6-13(11-12)21-9-10-22-20-19-18;/h4-6,11,17-18H,1-3,7-10H2;/q;+1/p-1. The average molecular weight is 366 g/mol. The van der Waals surface area contributed by atoms with Crippen molar-refractivity contribution in [1.82, 2.24) is 0 Å². The van der Waals surface area contributed by atoms with Crippen molar-refractivity contribution >= 4 is 29.6 Å². The Morgan fingerprint density at radius 3 is 2.70 bits per heavy atom. The van der Waals surface area contributed by atoms with E-state index >= 15 is 0 Å². The summed E-state index contributed by atoms with van der Waals surface area (Å²) in [6.07, 6.45) is 3.97. The molecule has 122 valence electrons. The van der Waals surface area contributed by atoms with Crippen LogP contribution in [-0.2, 0) is 9.37 Å². The van der Waals surface area contributed by atoms with Crippen LogP contribution in [-0.4, -0.2) is 28.0 Å². The van der Waals surface area contributed by atoms with Gasteiger partial charge < -0.3 is 10.4 Å². The molecule has 1 N–H and O–H groups in total. The number of hydrogen-bond acceptors (Lipinski definition) is 7. The summed E-state index contributed by atoms with van der Waals surface area (Å²) in [4.78, 5) is 13.5. The minimum atomic E-state index is -1.20. The van der Waals surface area contributed by atoms with Gasteiger partial charge in [-0.25, -0.2) is 0 Å². The molecule has 0 spiro atoms. The summed E-state index contributed by atoms with van der Waals surface area (Å²) in [5, 5.41) is 23.4. The van der Waals surface area contributed by atoms with Crippen LogP contribution in [0, 0.1) is 0 Å². The molecule has 8 heteroatoms. The smallest absolute Gasteiger partial charge is 0.691 e. The zero-order valence-corrected chi connectivity index (χ0v) is 16.8. The third-order valence-electron chi connectivity index (χ3n) is 3.71. The molecule has 1 aliphatic carbocycles. The fourth-order valence-corrected chi connectivity index (χ4v) is 3.94. The van der Waals surface area contributed by atoms with Crippen molar-refractivity contribution in [2.24, 2.45) is 0 Å². The van der Waals surface area contributed by atoms with E-state index in [2.05, 4.69) is 9.37 Å². The van der Waals surface area contributed by atoms with Crippen molar-refractivity contribution in [2.75, 3.05) is 11.5 Å². The number of carbonyl (C=O) groups is 1. The van der Waals surface area contributed by atoms with Gasteiger partial charge in [-0.2, -0.15) is 4.33 Å². The topological polar surface area (TPSA) is 78.8 Å². The van der Waals surface area contributed by atoms with E-state index in [9.17, 15) is 15.2 Å². The van der Waals surface area contributed by atoms with Gasteiger partial charge in [-0.05, 0) is 25.0 Å². The van der Waals surface area contributed by atoms with Crippen molar-refractivity contribution in [2.45, 2.75) is 42.6 Å². The third kappa shape index (κ3) is 6.68. The van der Waals surface area contributed by atoms with Crippen LogP contribution < -0.4 is 34.8 Å². The second-order valence-corrected chi connectivity index (χ2v) is 7.20. The molecule has 0 radical (unpaired) electrons. The van der Waals surface area contributed by atoms with E-state index in [-0.39, 0.29) is 35.3 Å². The van der Waals surface area contributed by atoms with Gasteiger partial charge >= 0.3 is 29.6 Å². The molecule has 0 atom stereocenters. The van der Waals surface area contributed by atoms with Gasteiger partial charge in [0.25, 0.3) is 0 Å². The van der Waals surface area contributed by atoms with Gasteiger partial charge in [0, 0.05) is 34.0 Å². The quantitative estimate of drug-likeness (QED) is 0.127. The summed E-state index contributed by atoms with van der Waals surface area (Å²) in [6, 6.07) is 7.31. The van der Waals surface area contributed by atoms with Gasteiger partial charge in [-0.15, -0.1) is 11.8 Å². The number of ketones is 1. The minimum Gasteiger partial charge on any atom is -0.691 e. The van der Waals surface area contributed by atoms with Crippen LogP contribution >= 0.6 is 23.8 Å². The monoisotopic (exact) mass is 366 g/mol. The van der Waals surface area contributed by atoms with Crippen LogP contribution in [0.4, 0.5) is 0 Å². The number of Topliss-reactive ketones (excluding diaryl/α,β-unsaturated/α-hetero) is 1. The first-order valence-corrected chi connectivity index (χ1v) is 9.13. The minimum absolute atomic E-state index is 0. The Morgan fingerprint density at radius 2 is 2.00 bits per heavy atom. The first-order chi connectivity index (χ1) is 10.7. The third-order valence-corrected chi connectivity index (χ3v) is 5.49. The Morgan fingerprint density at radius 1 is 1.26 bits per heavy atom. The predicted molar refractivity (Wildman–Crippen MR) is 84.2 cm³/mol. The fraction of sp³-hybridized carbons (Fsp3) is 0.533. The average Bonchev–Trinajstić information content (AvgIpc) is 2.55. The SMILES string of the molecule is O=C(c1cccc(SCCSOO[O-])c1)C1(O)CCCCC1.[Na+]. The first kappa shape index (κ1) is 21.5. The van der Waals surface area contributed by atoms with Gasteiger partial charge in [0.1, 0.15) is 5.60 Å². The van der Waals surface area contributed by atoms with Gasteiger partial charge in [-0.1, -0.05) is 31.4 Å². The van der Waals surface area contributed by atoms with E-state index in [0.717, 1.165) is 42.0 Å². The molecule has 1 aliphatic rings. The maximum Gasteiger partial charge on any atom is 1.00 e. The largest absolute Gasteiger partial charge is 1.00 e. The van der Waals surface area contributed by atoms with Crippen LogP contribution in [0.3, 0.4) is 0 Å². The molecule has 1 fully saturated rings. The van der Waals surface area contributed by atoms with Crippen molar-refractivity contribution in [1.29, 1.82) is 0 Å². The molecule has 2 rings (SSSR count). The van der Waals surface area contributed by atoms with E-state index in [1.807, 2.05) is 18.2 Å². The van der Waals surface area contributed by atoms with E-state index in [4.69, 9.17) is 0 Å². The first-order valence-electron chi connectivity index (χ1n) is 7.24. The van der Waals surface area contributed by atoms with Crippen molar-refractivity contribution < 1.29 is 54.1 Å². The summed E-state index contributed by atoms with van der Waals surface area (Å²) in [5.41, 5.74) is -0.641. The second-order valence-electron chi connectivity index (χ2n) is 5.26. The van der Waals surface area contributed by atoms with Gasteiger partial charge in [0.05, 0.1) is 0 Å². The second kappa shape index (κ2) is 11.1. The number of benzene rings is 1. The Kier molecular flexibility index (Phi) is 10.4. The predicted octanol–water partition coefficient (Wildman–Crippen LogP) is -0.468. The molecule has 1 saturated carbocycles. The summed E-state index contributed by atoms with van der Waals surface area (Å²) in [6.45, 7) is 0. The molecule has 0 amide bonds. The number of thioether (sulfide) groups is 1. The van der Waals surface area contributed by atoms with Crippen LogP contribution in [0.25, 0.3) is 0 Å². The van der Waals surface area contributed by atoms with E-state index in [0.29, 0.717) is 24.2 Å². The number of hydrogen-bond donors (Lipinski definition) is 1.